The van der Waals surface area contributed by atoms with Gasteiger partial charge in [0, 0.05) is 81.2 Å². The van der Waals surface area contributed by atoms with Gasteiger partial charge in [-0.1, -0.05) is 61.2 Å². The molecule has 2 aliphatic heterocycles. The summed E-state index contributed by atoms with van der Waals surface area (Å²) in [5.74, 6) is -2.10. The summed E-state index contributed by atoms with van der Waals surface area (Å²) in [4.78, 5) is 110. The number of carbonyl (C=O) groups is 8. The molecule has 2 aromatic carbocycles. The molecule has 18 heteroatoms. The number of unbranched alkanes of at least 4 members (excludes halogenated alkanes) is 7. The largest absolute Gasteiger partial charge is 0.333 e. The molecule has 2 saturated heterocycles. The molecule has 338 valence electrons. The van der Waals surface area contributed by atoms with E-state index >= 15 is 0 Å². The molecule has 2 aliphatic rings. The van der Waals surface area contributed by atoms with E-state index in [1.54, 1.807) is 4.68 Å². The Kier molecular flexibility index (Phi) is 19.9. The van der Waals surface area contributed by atoms with Crippen molar-refractivity contribution in [3.63, 3.8) is 0 Å². The highest BCUT2D eigenvalue weighted by Crippen LogP contribution is 2.32. The lowest BCUT2D eigenvalue weighted by Crippen LogP contribution is -2.32. The normalized spacial score (nSPS) is 15.0. The van der Waals surface area contributed by atoms with Gasteiger partial charge in [0.15, 0.2) is 0 Å². The SMILES string of the molecule is O=C(CCCCCN1C(=O)CC(Sc2ccc(CONC(=O)CCCCCCC(=O)Nc3ccccc3)cc2)C1=O)CCc1cn(CCCCCC(=O)ON2C(=O)CCC2=O)nn1. The van der Waals surface area contributed by atoms with Crippen LogP contribution in [0.4, 0.5) is 5.69 Å². The second-order valence-electron chi connectivity index (χ2n) is 15.7. The van der Waals surface area contributed by atoms with Gasteiger partial charge in [0.05, 0.1) is 17.6 Å². The fourth-order valence-electron chi connectivity index (χ4n) is 6.98. The van der Waals surface area contributed by atoms with Gasteiger partial charge in [-0.2, -0.15) is 0 Å². The zero-order chi connectivity index (χ0) is 44.8. The molecule has 0 radical (unpaired) electrons. The highest BCUT2D eigenvalue weighted by Gasteiger charge is 2.38. The van der Waals surface area contributed by atoms with Crippen molar-refractivity contribution in [3.8, 4) is 0 Å². The summed E-state index contributed by atoms with van der Waals surface area (Å²) in [6, 6.07) is 16.8. The number of likely N-dealkylation sites (tertiary alicyclic amines) is 1. The van der Waals surface area contributed by atoms with E-state index in [2.05, 4.69) is 21.1 Å². The molecule has 1 aromatic heterocycles. The second-order valence-corrected chi connectivity index (χ2v) is 16.9. The molecule has 3 heterocycles. The number of imide groups is 2. The topological polar surface area (TPSA) is 216 Å². The fourth-order valence-corrected chi connectivity index (χ4v) is 8.05. The van der Waals surface area contributed by atoms with E-state index in [9.17, 15) is 38.4 Å². The number of aromatic nitrogens is 3. The molecule has 3 aromatic rings. The number of aryl methyl sites for hydroxylation is 2. The summed E-state index contributed by atoms with van der Waals surface area (Å²) < 4.78 is 1.70. The number of para-hydroxylation sites is 1. The molecule has 17 nitrogen and oxygen atoms in total. The number of rotatable bonds is 29. The van der Waals surface area contributed by atoms with Gasteiger partial charge in [0.2, 0.25) is 23.6 Å². The van der Waals surface area contributed by atoms with Crippen molar-refractivity contribution >= 4 is 64.6 Å². The minimum atomic E-state index is -0.611. The van der Waals surface area contributed by atoms with Gasteiger partial charge in [-0.25, -0.2) is 10.3 Å². The van der Waals surface area contributed by atoms with Gasteiger partial charge in [0.1, 0.15) is 5.78 Å². The molecular weight excluding hydrogens is 831 g/mol. The molecule has 0 saturated carbocycles. The molecule has 2 N–H and O–H groups in total. The summed E-state index contributed by atoms with van der Waals surface area (Å²) in [5, 5.41) is 11.2. The second kappa shape index (κ2) is 26.0. The first-order valence-electron chi connectivity index (χ1n) is 21.9. The van der Waals surface area contributed by atoms with Gasteiger partial charge in [0.25, 0.3) is 11.8 Å². The Morgan fingerprint density at radius 3 is 2.08 bits per heavy atom. The van der Waals surface area contributed by atoms with Crippen LogP contribution in [0, 0.1) is 0 Å². The van der Waals surface area contributed by atoms with Gasteiger partial charge >= 0.3 is 5.97 Å². The Morgan fingerprint density at radius 1 is 0.698 bits per heavy atom. The quantitative estimate of drug-likeness (QED) is 0.0469. The number of Topliss-reactive ketones (excluding diaryl/α,β-unsaturated/α-hetero) is 1. The third kappa shape index (κ3) is 17.1. The number of hydrogen-bond donors (Lipinski definition) is 2. The fraction of sp³-hybridized carbons (Fsp3) is 0.511. The molecule has 6 amide bonds. The van der Waals surface area contributed by atoms with Gasteiger partial charge in [-0.15, -0.1) is 21.9 Å². The molecule has 2 fully saturated rings. The maximum atomic E-state index is 13.1. The highest BCUT2D eigenvalue weighted by molar-refractivity contribution is 8.00. The minimum Gasteiger partial charge on any atom is -0.330 e. The number of nitrogens with zero attached hydrogens (tertiary/aromatic N) is 5. The van der Waals surface area contributed by atoms with E-state index in [0.717, 1.165) is 47.5 Å². The summed E-state index contributed by atoms with van der Waals surface area (Å²) in [5.41, 5.74) is 4.82. The zero-order valence-electron chi connectivity index (χ0n) is 35.6. The molecule has 5 rings (SSSR count). The van der Waals surface area contributed by atoms with E-state index < -0.39 is 23.0 Å². The Bertz CT molecular complexity index is 2010. The smallest absolute Gasteiger partial charge is 0.330 e. The predicted molar refractivity (Wildman–Crippen MR) is 231 cm³/mol. The molecule has 1 atom stereocenters. The maximum absolute atomic E-state index is 13.1. The third-order valence-electron chi connectivity index (χ3n) is 10.5. The van der Waals surface area contributed by atoms with Crippen LogP contribution in [0.2, 0.25) is 0 Å². The first-order valence-corrected chi connectivity index (χ1v) is 22.7. The molecule has 0 spiro atoms. The van der Waals surface area contributed by atoms with Crippen molar-refractivity contribution < 1.29 is 48.0 Å². The summed E-state index contributed by atoms with van der Waals surface area (Å²) in [6.45, 7) is 1.10. The first-order chi connectivity index (χ1) is 30.5. The predicted octanol–water partition coefficient (Wildman–Crippen LogP) is 5.95. The average Bonchev–Trinajstić information content (AvgIpc) is 3.94. The Balaban J connectivity index is 0.849. The van der Waals surface area contributed by atoms with E-state index in [0.29, 0.717) is 88.8 Å². The van der Waals surface area contributed by atoms with Crippen LogP contribution in [-0.2, 0) is 67.6 Å². The Hall–Kier alpha value is -5.75. The number of ketones is 1. The van der Waals surface area contributed by atoms with Crippen LogP contribution in [0.5, 0.6) is 0 Å². The van der Waals surface area contributed by atoms with Gasteiger partial charge in [-0.3, -0.25) is 48.0 Å². The molecule has 63 heavy (non-hydrogen) atoms. The average molecular weight is 888 g/mol. The summed E-state index contributed by atoms with van der Waals surface area (Å²) in [7, 11) is 0. The number of thioether (sulfide) groups is 1. The first kappa shape index (κ1) is 48.3. The summed E-state index contributed by atoms with van der Waals surface area (Å²) in [6.07, 6.45) is 11.3. The van der Waals surface area contributed by atoms with Crippen LogP contribution < -0.4 is 10.8 Å². The van der Waals surface area contributed by atoms with Crippen molar-refractivity contribution in [1.29, 1.82) is 0 Å². The number of hydroxylamine groups is 3. The number of benzene rings is 2. The zero-order valence-corrected chi connectivity index (χ0v) is 36.5. The van der Waals surface area contributed by atoms with Crippen LogP contribution in [0.1, 0.15) is 127 Å². The van der Waals surface area contributed by atoms with Crippen LogP contribution >= 0.6 is 11.8 Å². The van der Waals surface area contributed by atoms with Crippen LogP contribution in [0.25, 0.3) is 0 Å². The van der Waals surface area contributed by atoms with Crippen molar-refractivity contribution in [1.82, 2.24) is 30.4 Å². The molecule has 0 aliphatic carbocycles. The van der Waals surface area contributed by atoms with E-state index in [1.165, 1.54) is 16.7 Å². The lowest BCUT2D eigenvalue weighted by molar-refractivity contribution is -0.197. The third-order valence-corrected chi connectivity index (χ3v) is 11.7. The minimum absolute atomic E-state index is 0.0164. The number of anilines is 1. The van der Waals surface area contributed by atoms with E-state index in [1.807, 2.05) is 60.8 Å². The number of nitrogens with one attached hydrogen (secondary N) is 2. The van der Waals surface area contributed by atoms with Gasteiger partial charge < -0.3 is 10.2 Å². The standard InChI is InChI=1S/C45H57N7O10S/c53-36(23-22-35-31-50(49-47-35)28-12-5-11-19-44(59)62-52-41(56)26-27-42(52)57)16-8-4-13-29-51-43(58)30-38(45(51)60)63-37-24-20-33(21-25-37)32-61-48-40(55)18-10-2-1-9-17-39(54)46-34-14-6-3-7-15-34/h3,6-7,14-15,20-21,24-25,31,38H,1-2,4-5,8-13,16-19,22-23,26-30,32H2,(H,46,54)(H,48,55). The Morgan fingerprint density at radius 2 is 1.35 bits per heavy atom. The van der Waals surface area contributed by atoms with Crippen LogP contribution in [0.3, 0.4) is 0 Å². The molecule has 1 unspecified atom stereocenters. The van der Waals surface area contributed by atoms with Crippen molar-refractivity contribution in [2.45, 2.75) is 145 Å². The number of hydrogen-bond acceptors (Lipinski definition) is 13. The maximum Gasteiger partial charge on any atom is 0.333 e. The Labute approximate surface area is 371 Å². The van der Waals surface area contributed by atoms with Crippen molar-refractivity contribution in [3.05, 3.63) is 72.1 Å². The lowest BCUT2D eigenvalue weighted by Gasteiger charge is -2.14. The van der Waals surface area contributed by atoms with Crippen molar-refractivity contribution in [2.75, 3.05) is 11.9 Å². The number of amides is 6. The molecule has 0 bridgehead atoms. The van der Waals surface area contributed by atoms with Gasteiger partial charge in [-0.05, 0) is 74.8 Å². The summed E-state index contributed by atoms with van der Waals surface area (Å²) >= 11 is 1.35. The van der Waals surface area contributed by atoms with Crippen LogP contribution in [-0.4, -0.2) is 83.9 Å². The van der Waals surface area contributed by atoms with Crippen molar-refractivity contribution in [2.24, 2.45) is 0 Å². The highest BCUT2D eigenvalue weighted by atomic mass is 32.2. The van der Waals surface area contributed by atoms with E-state index in [-0.39, 0.29) is 61.7 Å². The molecular formula is C45H57N7O10S. The number of carbonyl (C=O) groups excluding carboxylic acids is 8. The van der Waals surface area contributed by atoms with E-state index in [4.69, 9.17) is 9.68 Å². The monoisotopic (exact) mass is 887 g/mol. The van der Waals surface area contributed by atoms with Crippen LogP contribution in [0.15, 0.2) is 65.7 Å². The lowest BCUT2D eigenvalue weighted by atomic mass is 10.1.